The first-order chi connectivity index (χ1) is 7.81. The van der Waals surface area contributed by atoms with Crippen LogP contribution in [0.5, 0.6) is 0 Å². The average molecular weight is 220 g/mol. The molecule has 16 heavy (non-hydrogen) atoms. The minimum absolute atomic E-state index is 0.631. The Morgan fingerprint density at radius 1 is 1.62 bits per heavy atom. The zero-order chi connectivity index (χ0) is 11.4. The summed E-state index contributed by atoms with van der Waals surface area (Å²) in [7, 11) is 0. The number of rotatable bonds is 4. The van der Waals surface area contributed by atoms with Crippen LogP contribution in [0.25, 0.3) is 0 Å². The van der Waals surface area contributed by atoms with Gasteiger partial charge >= 0.3 is 0 Å². The molecule has 88 valence electrons. The van der Waals surface area contributed by atoms with E-state index in [1.807, 2.05) is 12.1 Å². The summed E-state index contributed by atoms with van der Waals surface area (Å²) in [5.74, 6) is 0.811. The molecule has 2 heterocycles. The fourth-order valence-corrected chi connectivity index (χ4v) is 2.32. The van der Waals surface area contributed by atoms with Crippen molar-refractivity contribution in [3.63, 3.8) is 0 Å². The molecule has 1 saturated heterocycles. The van der Waals surface area contributed by atoms with Gasteiger partial charge in [0.25, 0.3) is 0 Å². The lowest BCUT2D eigenvalue weighted by atomic mass is 10.2. The number of nitrogens with zero attached hydrogens (tertiary/aromatic N) is 2. The first-order valence-corrected chi connectivity index (χ1v) is 5.99. The molecule has 1 atom stereocenters. The van der Waals surface area contributed by atoms with Crippen LogP contribution in [0.3, 0.4) is 0 Å². The predicted octanol–water partition coefficient (Wildman–Crippen LogP) is 1.56. The molecular weight excluding hydrogens is 200 g/mol. The standard InChI is InChI=1S/C12H20N4/c1-2-16-8-4-5-10(16)9-15-12-11(13)6-3-7-14-12/h3,6-7,10H,2,4-5,8-9,13H2,1H3,(H,14,15). The van der Waals surface area contributed by atoms with E-state index in [9.17, 15) is 0 Å². The summed E-state index contributed by atoms with van der Waals surface area (Å²) >= 11 is 0. The predicted molar refractivity (Wildman–Crippen MR) is 67.4 cm³/mol. The van der Waals surface area contributed by atoms with Crippen LogP contribution >= 0.6 is 0 Å². The van der Waals surface area contributed by atoms with Crippen LogP contribution < -0.4 is 11.1 Å². The number of likely N-dealkylation sites (N-methyl/N-ethyl adjacent to an activating group) is 1. The number of hydrogen-bond donors (Lipinski definition) is 2. The molecule has 0 spiro atoms. The van der Waals surface area contributed by atoms with Crippen LogP contribution in [0.4, 0.5) is 11.5 Å². The third-order valence-electron chi connectivity index (χ3n) is 3.25. The first-order valence-electron chi connectivity index (χ1n) is 5.99. The van der Waals surface area contributed by atoms with Crippen LogP contribution in [0.2, 0.25) is 0 Å². The second-order valence-corrected chi connectivity index (χ2v) is 4.25. The van der Waals surface area contributed by atoms with Crippen LogP contribution in [0.15, 0.2) is 18.3 Å². The Morgan fingerprint density at radius 2 is 2.50 bits per heavy atom. The van der Waals surface area contributed by atoms with E-state index < -0.39 is 0 Å². The molecule has 1 aliphatic heterocycles. The molecule has 4 heteroatoms. The molecular formula is C12H20N4. The van der Waals surface area contributed by atoms with E-state index in [0.29, 0.717) is 6.04 Å². The summed E-state index contributed by atoms with van der Waals surface area (Å²) in [6.45, 7) is 5.51. The topological polar surface area (TPSA) is 54.2 Å². The summed E-state index contributed by atoms with van der Waals surface area (Å²) in [6.07, 6.45) is 4.34. The van der Waals surface area contributed by atoms with Gasteiger partial charge in [-0.05, 0) is 38.1 Å². The van der Waals surface area contributed by atoms with E-state index in [2.05, 4.69) is 22.1 Å². The van der Waals surface area contributed by atoms with Crippen molar-refractivity contribution in [2.45, 2.75) is 25.8 Å². The number of nitrogens with two attached hydrogens (primary N) is 1. The van der Waals surface area contributed by atoms with Gasteiger partial charge in [0.1, 0.15) is 5.82 Å². The molecule has 0 aromatic carbocycles. The number of nitrogens with one attached hydrogen (secondary N) is 1. The molecule has 1 fully saturated rings. The van der Waals surface area contributed by atoms with Crippen molar-refractivity contribution in [2.75, 3.05) is 30.7 Å². The molecule has 0 bridgehead atoms. The van der Waals surface area contributed by atoms with Gasteiger partial charge in [0.05, 0.1) is 5.69 Å². The Morgan fingerprint density at radius 3 is 3.25 bits per heavy atom. The minimum Gasteiger partial charge on any atom is -0.396 e. The zero-order valence-corrected chi connectivity index (χ0v) is 9.82. The van der Waals surface area contributed by atoms with Gasteiger partial charge in [0.15, 0.2) is 0 Å². The van der Waals surface area contributed by atoms with Crippen molar-refractivity contribution in [3.05, 3.63) is 18.3 Å². The Labute approximate surface area is 96.8 Å². The minimum atomic E-state index is 0.631. The van der Waals surface area contributed by atoms with Crippen LogP contribution in [-0.2, 0) is 0 Å². The van der Waals surface area contributed by atoms with Crippen molar-refractivity contribution in [2.24, 2.45) is 0 Å². The van der Waals surface area contributed by atoms with Gasteiger partial charge in [-0.15, -0.1) is 0 Å². The number of anilines is 2. The number of likely N-dealkylation sites (tertiary alicyclic amines) is 1. The van der Waals surface area contributed by atoms with Crippen LogP contribution in [0, 0.1) is 0 Å². The van der Waals surface area contributed by atoms with E-state index in [4.69, 9.17) is 5.73 Å². The van der Waals surface area contributed by atoms with Crippen molar-refractivity contribution in [3.8, 4) is 0 Å². The molecule has 0 saturated carbocycles. The van der Waals surface area contributed by atoms with E-state index in [-0.39, 0.29) is 0 Å². The second-order valence-electron chi connectivity index (χ2n) is 4.25. The van der Waals surface area contributed by atoms with Gasteiger partial charge in [-0.3, -0.25) is 4.90 Å². The van der Waals surface area contributed by atoms with Gasteiger partial charge in [-0.1, -0.05) is 6.92 Å². The Balaban J connectivity index is 1.90. The zero-order valence-electron chi connectivity index (χ0n) is 9.82. The highest BCUT2D eigenvalue weighted by molar-refractivity contribution is 5.60. The molecule has 1 aliphatic rings. The quantitative estimate of drug-likeness (QED) is 0.808. The van der Waals surface area contributed by atoms with Crippen LogP contribution in [0.1, 0.15) is 19.8 Å². The van der Waals surface area contributed by atoms with Gasteiger partial charge in [-0.2, -0.15) is 0 Å². The second kappa shape index (κ2) is 5.16. The smallest absolute Gasteiger partial charge is 0.149 e. The Bertz CT molecular complexity index is 340. The van der Waals surface area contributed by atoms with Gasteiger partial charge < -0.3 is 11.1 Å². The number of aromatic nitrogens is 1. The highest BCUT2D eigenvalue weighted by Crippen LogP contribution is 2.18. The molecule has 0 aliphatic carbocycles. The fraction of sp³-hybridized carbons (Fsp3) is 0.583. The van der Waals surface area contributed by atoms with Gasteiger partial charge in [0, 0.05) is 18.8 Å². The Kier molecular flexibility index (Phi) is 3.62. The van der Waals surface area contributed by atoms with E-state index >= 15 is 0 Å². The monoisotopic (exact) mass is 220 g/mol. The highest BCUT2D eigenvalue weighted by Gasteiger charge is 2.22. The summed E-state index contributed by atoms with van der Waals surface area (Å²) in [5.41, 5.74) is 6.56. The lowest BCUT2D eigenvalue weighted by Crippen LogP contribution is -2.34. The maximum absolute atomic E-state index is 5.83. The number of pyridine rings is 1. The van der Waals surface area contributed by atoms with Crippen molar-refractivity contribution in [1.29, 1.82) is 0 Å². The first kappa shape index (κ1) is 11.2. The molecule has 3 N–H and O–H groups in total. The summed E-state index contributed by atoms with van der Waals surface area (Å²) in [6, 6.07) is 4.36. The van der Waals surface area contributed by atoms with Gasteiger partial charge in [-0.25, -0.2) is 4.98 Å². The largest absolute Gasteiger partial charge is 0.396 e. The van der Waals surface area contributed by atoms with E-state index in [0.717, 1.165) is 24.6 Å². The van der Waals surface area contributed by atoms with E-state index in [1.165, 1.54) is 19.4 Å². The summed E-state index contributed by atoms with van der Waals surface area (Å²) in [4.78, 5) is 6.74. The lowest BCUT2D eigenvalue weighted by Gasteiger charge is -2.23. The third kappa shape index (κ3) is 2.44. The lowest BCUT2D eigenvalue weighted by molar-refractivity contribution is 0.277. The van der Waals surface area contributed by atoms with Crippen LogP contribution in [-0.4, -0.2) is 35.6 Å². The maximum atomic E-state index is 5.83. The fourth-order valence-electron chi connectivity index (χ4n) is 2.32. The van der Waals surface area contributed by atoms with Crippen molar-refractivity contribution >= 4 is 11.5 Å². The number of hydrogen-bond acceptors (Lipinski definition) is 4. The molecule has 4 nitrogen and oxygen atoms in total. The summed E-state index contributed by atoms with van der Waals surface area (Å²) < 4.78 is 0. The molecule has 2 rings (SSSR count). The molecule has 0 radical (unpaired) electrons. The Hall–Kier alpha value is -1.29. The SMILES string of the molecule is CCN1CCCC1CNc1ncccc1N. The normalized spacial score (nSPS) is 21.2. The van der Waals surface area contributed by atoms with Crippen molar-refractivity contribution < 1.29 is 0 Å². The maximum Gasteiger partial charge on any atom is 0.149 e. The number of nitrogen functional groups attached to an aromatic ring is 1. The van der Waals surface area contributed by atoms with E-state index in [1.54, 1.807) is 6.20 Å². The van der Waals surface area contributed by atoms with Crippen molar-refractivity contribution in [1.82, 2.24) is 9.88 Å². The highest BCUT2D eigenvalue weighted by atomic mass is 15.2. The molecule has 1 unspecified atom stereocenters. The third-order valence-corrected chi connectivity index (χ3v) is 3.25. The molecule has 1 aromatic heterocycles. The summed E-state index contributed by atoms with van der Waals surface area (Å²) in [5, 5.41) is 3.34. The molecule has 1 aromatic rings. The average Bonchev–Trinajstić information content (AvgIpc) is 2.75. The van der Waals surface area contributed by atoms with Gasteiger partial charge in [0.2, 0.25) is 0 Å². The molecule has 0 amide bonds.